The lowest BCUT2D eigenvalue weighted by Crippen LogP contribution is -2.30. The molecule has 2 aromatic rings. The Hall–Kier alpha value is -1.52. The second kappa shape index (κ2) is 3.32. The molecule has 0 aromatic carbocycles. The van der Waals surface area contributed by atoms with Gasteiger partial charge in [-0.15, -0.1) is 0 Å². The first-order valence-electron chi connectivity index (χ1n) is 4.18. The van der Waals surface area contributed by atoms with Crippen molar-refractivity contribution in [3.8, 4) is 0 Å². The quantitative estimate of drug-likeness (QED) is 0.767. The molecular weight excluding hydrogens is 184 g/mol. The van der Waals surface area contributed by atoms with Crippen molar-refractivity contribution in [2.45, 2.75) is 5.60 Å². The fraction of sp³-hybridized carbons (Fsp3) is 0.200. The number of furan rings is 2. The summed E-state index contributed by atoms with van der Waals surface area (Å²) in [6, 6.07) is 6.44. The SMILES string of the molecule is OCC(O)(c1ccco1)c1ccco1. The molecule has 0 atom stereocenters. The topological polar surface area (TPSA) is 66.7 Å². The van der Waals surface area contributed by atoms with E-state index in [2.05, 4.69) is 0 Å². The van der Waals surface area contributed by atoms with Crippen molar-refractivity contribution in [3.05, 3.63) is 48.3 Å². The number of hydrogen-bond donors (Lipinski definition) is 2. The van der Waals surface area contributed by atoms with Crippen molar-refractivity contribution in [3.63, 3.8) is 0 Å². The predicted octanol–water partition coefficient (Wildman–Crippen LogP) is 1.10. The molecule has 0 aliphatic rings. The minimum atomic E-state index is -1.59. The summed E-state index contributed by atoms with van der Waals surface area (Å²) in [6.07, 6.45) is 2.86. The third-order valence-corrected chi connectivity index (χ3v) is 2.09. The largest absolute Gasteiger partial charge is 0.466 e. The Bertz CT molecular complexity index is 340. The Balaban J connectivity index is 2.45. The van der Waals surface area contributed by atoms with E-state index in [1.165, 1.54) is 12.5 Å². The molecule has 4 nitrogen and oxygen atoms in total. The summed E-state index contributed by atoms with van der Waals surface area (Å²) in [5, 5.41) is 19.3. The van der Waals surface area contributed by atoms with Crippen molar-refractivity contribution in [2.24, 2.45) is 0 Å². The van der Waals surface area contributed by atoms with Crippen molar-refractivity contribution < 1.29 is 19.0 Å². The second-order valence-electron chi connectivity index (χ2n) is 2.97. The van der Waals surface area contributed by atoms with E-state index in [4.69, 9.17) is 13.9 Å². The zero-order valence-electron chi connectivity index (χ0n) is 7.38. The molecule has 0 radical (unpaired) electrons. The van der Waals surface area contributed by atoms with Crippen LogP contribution in [0.4, 0.5) is 0 Å². The molecular formula is C10H10O4. The minimum absolute atomic E-state index is 0.259. The van der Waals surface area contributed by atoms with Crippen LogP contribution in [0.5, 0.6) is 0 Å². The predicted molar refractivity (Wildman–Crippen MR) is 47.5 cm³/mol. The monoisotopic (exact) mass is 194 g/mol. The smallest absolute Gasteiger partial charge is 0.203 e. The molecule has 0 saturated heterocycles. The number of hydrogen-bond acceptors (Lipinski definition) is 4. The molecule has 0 fully saturated rings. The van der Waals surface area contributed by atoms with Gasteiger partial charge in [0.05, 0.1) is 19.1 Å². The average Bonchev–Trinajstić information content (AvgIpc) is 2.88. The summed E-state index contributed by atoms with van der Waals surface area (Å²) in [5.41, 5.74) is -1.59. The highest BCUT2D eigenvalue weighted by Crippen LogP contribution is 2.29. The van der Waals surface area contributed by atoms with Crippen LogP contribution >= 0.6 is 0 Å². The van der Waals surface area contributed by atoms with Crippen LogP contribution in [0.15, 0.2) is 45.6 Å². The first-order valence-corrected chi connectivity index (χ1v) is 4.18. The van der Waals surface area contributed by atoms with Crippen LogP contribution in [0.25, 0.3) is 0 Å². The van der Waals surface area contributed by atoms with Crippen LogP contribution in [0.2, 0.25) is 0 Å². The van der Waals surface area contributed by atoms with Crippen molar-refractivity contribution in [2.75, 3.05) is 6.61 Å². The summed E-state index contributed by atoms with van der Waals surface area (Å²) >= 11 is 0. The highest BCUT2D eigenvalue weighted by Gasteiger charge is 2.36. The molecule has 4 heteroatoms. The summed E-state index contributed by atoms with van der Waals surface area (Å²) in [4.78, 5) is 0. The highest BCUT2D eigenvalue weighted by atomic mass is 16.4. The van der Waals surface area contributed by atoms with Crippen LogP contribution in [-0.2, 0) is 5.60 Å². The zero-order chi connectivity index (χ0) is 10.0. The lowest BCUT2D eigenvalue weighted by Gasteiger charge is -2.20. The first kappa shape index (κ1) is 9.05. The van der Waals surface area contributed by atoms with Crippen LogP contribution < -0.4 is 0 Å². The maximum atomic E-state index is 10.1. The van der Waals surface area contributed by atoms with E-state index in [0.717, 1.165) is 0 Å². The van der Waals surface area contributed by atoms with E-state index in [1.807, 2.05) is 0 Å². The van der Waals surface area contributed by atoms with Gasteiger partial charge in [-0.1, -0.05) is 0 Å². The van der Waals surface area contributed by atoms with E-state index in [1.54, 1.807) is 24.3 Å². The van der Waals surface area contributed by atoms with E-state index in [-0.39, 0.29) is 11.5 Å². The fourth-order valence-corrected chi connectivity index (χ4v) is 1.31. The van der Waals surface area contributed by atoms with Crippen molar-refractivity contribution in [1.82, 2.24) is 0 Å². The molecule has 2 heterocycles. The molecule has 0 spiro atoms. The lowest BCUT2D eigenvalue weighted by atomic mass is 9.99. The maximum absolute atomic E-state index is 10.1. The molecule has 14 heavy (non-hydrogen) atoms. The molecule has 74 valence electrons. The maximum Gasteiger partial charge on any atom is 0.203 e. The van der Waals surface area contributed by atoms with Crippen LogP contribution in [-0.4, -0.2) is 16.8 Å². The van der Waals surface area contributed by atoms with Gasteiger partial charge in [-0.25, -0.2) is 0 Å². The van der Waals surface area contributed by atoms with Gasteiger partial charge in [-0.3, -0.25) is 0 Å². The first-order chi connectivity index (χ1) is 6.77. The highest BCUT2D eigenvalue weighted by molar-refractivity contribution is 5.23. The molecule has 2 rings (SSSR count). The van der Waals surface area contributed by atoms with E-state index in [0.29, 0.717) is 0 Å². The molecule has 0 bridgehead atoms. The Kier molecular flexibility index (Phi) is 2.15. The van der Waals surface area contributed by atoms with Gasteiger partial charge < -0.3 is 19.0 Å². The third kappa shape index (κ3) is 1.25. The van der Waals surface area contributed by atoms with Crippen molar-refractivity contribution in [1.29, 1.82) is 0 Å². The van der Waals surface area contributed by atoms with E-state index in [9.17, 15) is 5.11 Å². The minimum Gasteiger partial charge on any atom is -0.466 e. The average molecular weight is 194 g/mol. The number of aliphatic hydroxyl groups excluding tert-OH is 1. The van der Waals surface area contributed by atoms with Gasteiger partial charge in [0.2, 0.25) is 5.60 Å². The number of rotatable bonds is 3. The van der Waals surface area contributed by atoms with Crippen LogP contribution in [0.1, 0.15) is 11.5 Å². The van der Waals surface area contributed by atoms with E-state index < -0.39 is 12.2 Å². The molecule has 0 saturated carbocycles. The number of aliphatic hydroxyl groups is 2. The van der Waals surface area contributed by atoms with Gasteiger partial charge in [0.1, 0.15) is 11.5 Å². The van der Waals surface area contributed by atoms with Gasteiger partial charge in [0.15, 0.2) is 0 Å². The summed E-state index contributed by atoms with van der Waals surface area (Å²) < 4.78 is 10.1. The van der Waals surface area contributed by atoms with Gasteiger partial charge in [0.25, 0.3) is 0 Å². The fourth-order valence-electron chi connectivity index (χ4n) is 1.31. The molecule has 2 N–H and O–H groups in total. The summed E-state index contributed by atoms with van der Waals surface area (Å²) in [6.45, 7) is -0.492. The van der Waals surface area contributed by atoms with Crippen LogP contribution in [0, 0.1) is 0 Å². The van der Waals surface area contributed by atoms with Gasteiger partial charge in [-0.2, -0.15) is 0 Å². The second-order valence-corrected chi connectivity index (χ2v) is 2.97. The molecule has 0 aliphatic heterocycles. The third-order valence-electron chi connectivity index (χ3n) is 2.09. The van der Waals surface area contributed by atoms with Crippen molar-refractivity contribution >= 4 is 0 Å². The Morgan fingerprint density at radius 1 is 1.07 bits per heavy atom. The molecule has 0 amide bonds. The standard InChI is InChI=1S/C10H10O4/c11-7-10(12,8-3-1-5-13-8)9-4-2-6-14-9/h1-6,11-12H,7H2. The molecule has 0 unspecified atom stereocenters. The summed E-state index contributed by atoms with van der Waals surface area (Å²) in [7, 11) is 0. The normalized spacial score (nSPS) is 11.9. The summed E-state index contributed by atoms with van der Waals surface area (Å²) in [5.74, 6) is 0.518. The van der Waals surface area contributed by atoms with Gasteiger partial charge >= 0.3 is 0 Å². The van der Waals surface area contributed by atoms with Gasteiger partial charge in [-0.05, 0) is 24.3 Å². The van der Waals surface area contributed by atoms with Gasteiger partial charge in [0, 0.05) is 0 Å². The Morgan fingerprint density at radius 2 is 1.57 bits per heavy atom. The van der Waals surface area contributed by atoms with E-state index >= 15 is 0 Å². The molecule has 2 aromatic heterocycles. The Labute approximate surface area is 80.4 Å². The lowest BCUT2D eigenvalue weighted by molar-refractivity contribution is -0.0168. The van der Waals surface area contributed by atoms with Crippen LogP contribution in [0.3, 0.4) is 0 Å². The Morgan fingerprint density at radius 3 is 1.86 bits per heavy atom. The molecule has 0 aliphatic carbocycles. The zero-order valence-corrected chi connectivity index (χ0v) is 7.38.